The van der Waals surface area contributed by atoms with Gasteiger partial charge in [-0.05, 0) is 19.1 Å². The first-order valence-electron chi connectivity index (χ1n) is 5.33. The summed E-state index contributed by atoms with van der Waals surface area (Å²) in [6, 6.07) is 3.50. The zero-order valence-electron chi connectivity index (χ0n) is 10.4. The van der Waals surface area contributed by atoms with Crippen molar-refractivity contribution in [2.24, 2.45) is 0 Å². The fourth-order valence-electron chi connectivity index (χ4n) is 1.30. The van der Waals surface area contributed by atoms with Gasteiger partial charge in [-0.2, -0.15) is 0 Å². The van der Waals surface area contributed by atoms with Crippen LogP contribution in [0, 0.1) is 17.0 Å². The molecule has 0 unspecified atom stereocenters. The Bertz CT molecular complexity index is 515. The molecule has 0 spiro atoms. The summed E-state index contributed by atoms with van der Waals surface area (Å²) in [5.74, 6) is -0.300. The predicted octanol–water partition coefficient (Wildman–Crippen LogP) is 0.738. The lowest BCUT2D eigenvalue weighted by molar-refractivity contribution is -0.385. The molecule has 0 aliphatic heterocycles. The Morgan fingerprint density at radius 2 is 2.11 bits per heavy atom. The molecular weight excluding hydrogens is 254 g/mol. The molecule has 8 nitrogen and oxygen atoms in total. The molecule has 0 aliphatic carbocycles. The van der Waals surface area contributed by atoms with Gasteiger partial charge >= 0.3 is 6.03 Å². The highest BCUT2D eigenvalue weighted by Gasteiger charge is 2.12. The summed E-state index contributed by atoms with van der Waals surface area (Å²) in [5, 5.41) is 14.9. The maximum atomic E-state index is 11.2. The van der Waals surface area contributed by atoms with Crippen molar-refractivity contribution < 1.29 is 19.2 Å². The van der Waals surface area contributed by atoms with E-state index in [0.717, 1.165) is 0 Å². The summed E-state index contributed by atoms with van der Waals surface area (Å²) in [6.45, 7) is 1.21. The molecular formula is C11H13N3O5. The van der Waals surface area contributed by atoms with Crippen LogP contribution in [0.1, 0.15) is 5.56 Å². The van der Waals surface area contributed by atoms with Crippen molar-refractivity contribution in [1.29, 1.82) is 0 Å². The molecule has 0 saturated carbocycles. The quantitative estimate of drug-likeness (QED) is 0.617. The Labute approximate surface area is 108 Å². The predicted molar refractivity (Wildman–Crippen MR) is 65.9 cm³/mol. The number of rotatable bonds is 4. The van der Waals surface area contributed by atoms with Crippen LogP contribution in [0.2, 0.25) is 0 Å². The van der Waals surface area contributed by atoms with Crippen LogP contribution in [0.4, 0.5) is 10.5 Å². The molecule has 1 aromatic rings. The molecule has 1 aromatic carbocycles. The number of nitro benzene ring substituents is 1. The number of benzene rings is 1. The average Bonchev–Trinajstić information content (AvgIpc) is 2.35. The monoisotopic (exact) mass is 267 g/mol. The summed E-state index contributed by atoms with van der Waals surface area (Å²) in [5.41, 5.74) is 0.399. The van der Waals surface area contributed by atoms with Gasteiger partial charge in [-0.15, -0.1) is 0 Å². The number of nitro groups is 1. The number of nitrogens with zero attached hydrogens (tertiary/aromatic N) is 1. The van der Waals surface area contributed by atoms with E-state index in [2.05, 4.69) is 5.32 Å². The molecule has 0 fully saturated rings. The van der Waals surface area contributed by atoms with Crippen molar-refractivity contribution in [3.05, 3.63) is 33.9 Å². The van der Waals surface area contributed by atoms with E-state index >= 15 is 0 Å². The first-order chi connectivity index (χ1) is 8.93. The molecule has 0 bridgehead atoms. The van der Waals surface area contributed by atoms with Crippen LogP contribution >= 0.6 is 0 Å². The highest BCUT2D eigenvalue weighted by Crippen LogP contribution is 2.22. The minimum Gasteiger partial charge on any atom is -0.484 e. The maximum Gasteiger partial charge on any atom is 0.321 e. The third-order valence-corrected chi connectivity index (χ3v) is 2.21. The molecule has 102 valence electrons. The number of aryl methyl sites for hydroxylation is 1. The number of hydrogen-bond donors (Lipinski definition) is 2. The number of ether oxygens (including phenoxy) is 1. The van der Waals surface area contributed by atoms with Gasteiger partial charge in [-0.1, -0.05) is 0 Å². The number of imide groups is 1. The second-order valence-electron chi connectivity index (χ2n) is 3.62. The Hall–Kier alpha value is -2.64. The van der Waals surface area contributed by atoms with Crippen molar-refractivity contribution in [2.45, 2.75) is 6.92 Å². The minimum absolute atomic E-state index is 0.0258. The Kier molecular flexibility index (Phi) is 4.81. The van der Waals surface area contributed by atoms with Crippen molar-refractivity contribution >= 4 is 17.6 Å². The number of carbonyl (C=O) groups excluding carboxylic acids is 2. The lowest BCUT2D eigenvalue weighted by Crippen LogP contribution is -2.39. The standard InChI is InChI=1S/C11H13N3O5/c1-7-5-8(3-4-9(7)14(17)18)19-6-10(15)13-11(16)12-2/h3-5H,6H2,1-2H3,(H2,12,13,15,16). The van der Waals surface area contributed by atoms with Gasteiger partial charge in [-0.25, -0.2) is 4.79 Å². The zero-order chi connectivity index (χ0) is 14.4. The van der Waals surface area contributed by atoms with E-state index in [1.807, 2.05) is 5.32 Å². The largest absolute Gasteiger partial charge is 0.484 e. The highest BCUT2D eigenvalue weighted by atomic mass is 16.6. The fraction of sp³-hybridized carbons (Fsp3) is 0.273. The van der Waals surface area contributed by atoms with E-state index in [1.165, 1.54) is 25.2 Å². The lowest BCUT2D eigenvalue weighted by atomic mass is 10.2. The van der Waals surface area contributed by atoms with Gasteiger partial charge in [0.05, 0.1) is 4.92 Å². The molecule has 2 N–H and O–H groups in total. The molecule has 3 amide bonds. The van der Waals surface area contributed by atoms with Gasteiger partial charge in [0.25, 0.3) is 11.6 Å². The third kappa shape index (κ3) is 4.26. The van der Waals surface area contributed by atoms with Gasteiger partial charge < -0.3 is 10.1 Å². The molecule has 8 heteroatoms. The van der Waals surface area contributed by atoms with Gasteiger partial charge in [0, 0.05) is 18.7 Å². The summed E-state index contributed by atoms with van der Waals surface area (Å²) in [7, 11) is 1.38. The molecule has 0 saturated heterocycles. The Balaban J connectivity index is 2.59. The lowest BCUT2D eigenvalue weighted by Gasteiger charge is -2.07. The van der Waals surface area contributed by atoms with E-state index in [-0.39, 0.29) is 12.3 Å². The van der Waals surface area contributed by atoms with Crippen LogP contribution in [0.25, 0.3) is 0 Å². The van der Waals surface area contributed by atoms with E-state index in [4.69, 9.17) is 4.74 Å². The van der Waals surface area contributed by atoms with Gasteiger partial charge in [0.2, 0.25) is 0 Å². The van der Waals surface area contributed by atoms with Crippen molar-refractivity contribution in [3.8, 4) is 5.75 Å². The van der Waals surface area contributed by atoms with E-state index in [1.54, 1.807) is 6.92 Å². The SMILES string of the molecule is CNC(=O)NC(=O)COc1ccc([N+](=O)[O-])c(C)c1. The molecule has 1 rings (SSSR count). The summed E-state index contributed by atoms with van der Waals surface area (Å²) in [6.07, 6.45) is 0. The average molecular weight is 267 g/mol. The first kappa shape index (κ1) is 14.4. The number of amides is 3. The van der Waals surface area contributed by atoms with E-state index < -0.39 is 16.9 Å². The molecule has 19 heavy (non-hydrogen) atoms. The van der Waals surface area contributed by atoms with Crippen LogP contribution < -0.4 is 15.4 Å². The van der Waals surface area contributed by atoms with Gasteiger partial charge in [0.15, 0.2) is 6.61 Å². The summed E-state index contributed by atoms with van der Waals surface area (Å²) in [4.78, 5) is 32.2. The van der Waals surface area contributed by atoms with Crippen molar-refractivity contribution in [1.82, 2.24) is 10.6 Å². The number of carbonyl (C=O) groups is 2. The molecule has 0 aromatic heterocycles. The van der Waals surface area contributed by atoms with Crippen molar-refractivity contribution in [3.63, 3.8) is 0 Å². The molecule has 0 radical (unpaired) electrons. The summed E-state index contributed by atoms with van der Waals surface area (Å²) >= 11 is 0. The molecule has 0 heterocycles. The molecule has 0 aliphatic rings. The van der Waals surface area contributed by atoms with Crippen LogP contribution in [0.5, 0.6) is 5.75 Å². The smallest absolute Gasteiger partial charge is 0.321 e. The normalized spacial score (nSPS) is 9.58. The number of nitrogens with one attached hydrogen (secondary N) is 2. The van der Waals surface area contributed by atoms with E-state index in [9.17, 15) is 19.7 Å². The fourth-order valence-corrected chi connectivity index (χ4v) is 1.30. The number of urea groups is 1. The Morgan fingerprint density at radius 1 is 1.42 bits per heavy atom. The van der Waals surface area contributed by atoms with Crippen molar-refractivity contribution in [2.75, 3.05) is 13.7 Å². The zero-order valence-corrected chi connectivity index (χ0v) is 10.4. The number of hydrogen-bond acceptors (Lipinski definition) is 5. The third-order valence-electron chi connectivity index (χ3n) is 2.21. The van der Waals surface area contributed by atoms with Crippen LogP contribution in [0.3, 0.4) is 0 Å². The topological polar surface area (TPSA) is 111 Å². The molecule has 0 atom stereocenters. The second-order valence-corrected chi connectivity index (χ2v) is 3.62. The minimum atomic E-state index is -0.631. The van der Waals surface area contributed by atoms with Crippen LogP contribution in [0.15, 0.2) is 18.2 Å². The first-order valence-corrected chi connectivity index (χ1v) is 5.33. The van der Waals surface area contributed by atoms with Crippen LogP contribution in [-0.2, 0) is 4.79 Å². The van der Waals surface area contributed by atoms with Crippen LogP contribution in [-0.4, -0.2) is 30.5 Å². The second kappa shape index (κ2) is 6.34. The maximum absolute atomic E-state index is 11.2. The van der Waals surface area contributed by atoms with E-state index in [0.29, 0.717) is 11.3 Å². The summed E-state index contributed by atoms with van der Waals surface area (Å²) < 4.78 is 5.11. The van der Waals surface area contributed by atoms with Gasteiger partial charge in [0.1, 0.15) is 5.75 Å². The van der Waals surface area contributed by atoms with Gasteiger partial charge in [-0.3, -0.25) is 20.2 Å². The Morgan fingerprint density at radius 3 is 2.63 bits per heavy atom. The highest BCUT2D eigenvalue weighted by molar-refractivity contribution is 5.94.